The molecule has 5 heteroatoms. The van der Waals surface area contributed by atoms with Crippen molar-refractivity contribution in [2.45, 2.75) is 62.9 Å². The summed E-state index contributed by atoms with van der Waals surface area (Å²) < 4.78 is 16.7. The van der Waals surface area contributed by atoms with Crippen LogP contribution in [0.5, 0.6) is 11.5 Å². The first-order valence-corrected chi connectivity index (χ1v) is 10.4. The smallest absolute Gasteiger partial charge is 0.308 e. The van der Waals surface area contributed by atoms with E-state index in [2.05, 4.69) is 6.07 Å². The summed E-state index contributed by atoms with van der Waals surface area (Å²) in [4.78, 5) is 11.9. The Morgan fingerprint density at radius 2 is 1.79 bits per heavy atom. The highest BCUT2D eigenvalue weighted by molar-refractivity contribution is 5.72. The predicted molar refractivity (Wildman–Crippen MR) is 104 cm³/mol. The maximum atomic E-state index is 11.9. The van der Waals surface area contributed by atoms with Crippen LogP contribution in [0.25, 0.3) is 0 Å². The van der Waals surface area contributed by atoms with E-state index in [0.717, 1.165) is 55.6 Å². The number of ether oxygens (including phenoxy) is 3. The molecule has 0 saturated heterocycles. The number of hydrogen-bond acceptors (Lipinski definition) is 5. The number of esters is 1. The summed E-state index contributed by atoms with van der Waals surface area (Å²) >= 11 is 0. The van der Waals surface area contributed by atoms with Gasteiger partial charge in [0, 0.05) is 0 Å². The number of methoxy groups -OCH3 is 2. The highest BCUT2D eigenvalue weighted by Gasteiger charge is 2.52. The molecule has 4 rings (SSSR count). The fourth-order valence-electron chi connectivity index (χ4n) is 5.69. The van der Waals surface area contributed by atoms with Crippen molar-refractivity contribution in [3.05, 3.63) is 23.8 Å². The molecule has 0 N–H and O–H groups in total. The Hall–Kier alpha value is -2.22. The van der Waals surface area contributed by atoms with Crippen LogP contribution >= 0.6 is 0 Å². The van der Waals surface area contributed by atoms with Crippen molar-refractivity contribution in [3.8, 4) is 17.6 Å². The van der Waals surface area contributed by atoms with Crippen LogP contribution < -0.4 is 9.47 Å². The van der Waals surface area contributed by atoms with Crippen molar-refractivity contribution < 1.29 is 19.0 Å². The molecule has 28 heavy (non-hydrogen) atoms. The van der Waals surface area contributed by atoms with Crippen molar-refractivity contribution in [1.82, 2.24) is 0 Å². The van der Waals surface area contributed by atoms with Crippen LogP contribution in [0.2, 0.25) is 0 Å². The molecule has 0 heterocycles. The Morgan fingerprint density at radius 3 is 2.36 bits per heavy atom. The number of rotatable bonds is 5. The van der Waals surface area contributed by atoms with Crippen LogP contribution in [0.1, 0.15) is 56.9 Å². The third-order valence-corrected chi connectivity index (χ3v) is 7.12. The molecular formula is C23H29NO4. The molecule has 3 saturated carbocycles. The number of carbonyl (C=O) groups is 1. The largest absolute Gasteiger partial charge is 0.493 e. The van der Waals surface area contributed by atoms with E-state index in [-0.39, 0.29) is 18.0 Å². The number of carbonyl (C=O) groups excluding carboxylic acids is 1. The second-order valence-corrected chi connectivity index (χ2v) is 8.70. The van der Waals surface area contributed by atoms with Gasteiger partial charge in [-0.3, -0.25) is 4.79 Å². The molecule has 3 aliphatic carbocycles. The molecule has 4 atom stereocenters. The van der Waals surface area contributed by atoms with Gasteiger partial charge in [-0.2, -0.15) is 5.26 Å². The third-order valence-electron chi connectivity index (χ3n) is 7.12. The molecule has 2 unspecified atom stereocenters. The van der Waals surface area contributed by atoms with Gasteiger partial charge in [-0.25, -0.2) is 0 Å². The molecule has 0 bridgehead atoms. The maximum Gasteiger partial charge on any atom is 0.308 e. The molecule has 0 amide bonds. The van der Waals surface area contributed by atoms with E-state index >= 15 is 0 Å². The normalized spacial score (nSPS) is 32.0. The lowest BCUT2D eigenvalue weighted by Gasteiger charge is -2.25. The molecule has 5 nitrogen and oxygen atoms in total. The molecule has 0 spiro atoms. The summed E-state index contributed by atoms with van der Waals surface area (Å²) in [7, 11) is 3.11. The number of fused-ring (bicyclic) bond motifs is 1. The number of benzene rings is 1. The fraction of sp³-hybridized carbons (Fsp3) is 0.652. The molecule has 3 aliphatic rings. The van der Waals surface area contributed by atoms with E-state index in [0.29, 0.717) is 11.8 Å². The Labute approximate surface area is 167 Å². The summed E-state index contributed by atoms with van der Waals surface area (Å²) in [6.45, 7) is 0. The van der Waals surface area contributed by atoms with Crippen LogP contribution in [0.3, 0.4) is 0 Å². The lowest BCUT2D eigenvalue weighted by molar-refractivity contribution is -0.145. The second kappa shape index (κ2) is 7.66. The van der Waals surface area contributed by atoms with Crippen molar-refractivity contribution in [3.63, 3.8) is 0 Å². The first kappa shape index (κ1) is 19.1. The highest BCUT2D eigenvalue weighted by atomic mass is 16.5. The van der Waals surface area contributed by atoms with Gasteiger partial charge in [0.2, 0.25) is 0 Å². The molecule has 0 aliphatic heterocycles. The van der Waals surface area contributed by atoms with Gasteiger partial charge < -0.3 is 14.2 Å². The van der Waals surface area contributed by atoms with Gasteiger partial charge in [-0.1, -0.05) is 6.07 Å². The standard InChI is InChI=1S/C23H29NO4/c1-26-20-8-7-18(11-21(20)28-19-5-3-4-6-19)23(14-24)12-16-9-15(22(25)27-2)10-17(16)13-23/h7-8,11,15-17,19H,3-6,9-10,12-13H2,1-2H3/t15?,16-,17+,23?. The van der Waals surface area contributed by atoms with Crippen molar-refractivity contribution >= 4 is 5.97 Å². The van der Waals surface area contributed by atoms with Gasteiger partial charge in [-0.15, -0.1) is 0 Å². The summed E-state index contributed by atoms with van der Waals surface area (Å²) in [5.74, 6) is 2.19. The van der Waals surface area contributed by atoms with E-state index in [1.165, 1.54) is 20.0 Å². The van der Waals surface area contributed by atoms with Gasteiger partial charge in [0.05, 0.1) is 37.7 Å². The van der Waals surface area contributed by atoms with Crippen LogP contribution in [-0.4, -0.2) is 26.3 Å². The van der Waals surface area contributed by atoms with Crippen molar-refractivity contribution in [2.75, 3.05) is 14.2 Å². The summed E-state index contributed by atoms with van der Waals surface area (Å²) in [6.07, 6.45) is 8.09. The molecule has 150 valence electrons. The Bertz CT molecular complexity index is 763. The lowest BCUT2D eigenvalue weighted by Crippen LogP contribution is -2.23. The molecule has 1 aromatic carbocycles. The van der Waals surface area contributed by atoms with E-state index < -0.39 is 5.41 Å². The monoisotopic (exact) mass is 383 g/mol. The summed E-state index contributed by atoms with van der Waals surface area (Å²) in [5.41, 5.74) is 0.518. The zero-order valence-corrected chi connectivity index (χ0v) is 16.8. The number of nitrogens with zero attached hydrogens (tertiary/aromatic N) is 1. The van der Waals surface area contributed by atoms with Gasteiger partial charge in [0.15, 0.2) is 11.5 Å². The SMILES string of the molecule is COC(=O)C1C[C@@H]2CC(C#N)(c3ccc(OC)c(OC4CCCC4)c3)C[C@@H]2C1. The molecule has 0 radical (unpaired) electrons. The summed E-state index contributed by atoms with van der Waals surface area (Å²) in [6, 6.07) is 8.60. The average Bonchev–Trinajstić information content (AvgIpc) is 3.43. The van der Waals surface area contributed by atoms with E-state index in [1.54, 1.807) is 7.11 Å². The van der Waals surface area contributed by atoms with Crippen LogP contribution in [0, 0.1) is 29.1 Å². The molecular weight excluding hydrogens is 354 g/mol. The highest BCUT2D eigenvalue weighted by Crippen LogP contribution is 2.56. The average molecular weight is 383 g/mol. The van der Waals surface area contributed by atoms with Gasteiger partial charge >= 0.3 is 5.97 Å². The first-order chi connectivity index (χ1) is 13.6. The summed E-state index contributed by atoms with van der Waals surface area (Å²) in [5, 5.41) is 10.1. The molecule has 0 aromatic heterocycles. The van der Waals surface area contributed by atoms with Gasteiger partial charge in [0.1, 0.15) is 0 Å². The van der Waals surface area contributed by atoms with Gasteiger partial charge in [-0.05, 0) is 80.9 Å². The van der Waals surface area contributed by atoms with E-state index in [4.69, 9.17) is 14.2 Å². The minimum absolute atomic E-state index is 0.00572. The van der Waals surface area contributed by atoms with E-state index in [1.807, 2.05) is 18.2 Å². The third kappa shape index (κ3) is 3.34. The second-order valence-electron chi connectivity index (χ2n) is 8.70. The van der Waals surface area contributed by atoms with Gasteiger partial charge in [0.25, 0.3) is 0 Å². The van der Waals surface area contributed by atoms with Crippen molar-refractivity contribution in [1.29, 1.82) is 5.26 Å². The minimum atomic E-state index is -0.503. The van der Waals surface area contributed by atoms with Crippen LogP contribution in [0.15, 0.2) is 18.2 Å². The zero-order valence-electron chi connectivity index (χ0n) is 16.8. The Balaban J connectivity index is 1.56. The predicted octanol–water partition coefficient (Wildman–Crippen LogP) is 4.39. The Morgan fingerprint density at radius 1 is 1.11 bits per heavy atom. The van der Waals surface area contributed by atoms with Crippen LogP contribution in [-0.2, 0) is 14.9 Å². The molecule has 3 fully saturated rings. The Kier molecular flexibility index (Phi) is 5.23. The molecule has 1 aromatic rings. The fourth-order valence-corrected chi connectivity index (χ4v) is 5.69. The lowest BCUT2D eigenvalue weighted by atomic mass is 9.77. The minimum Gasteiger partial charge on any atom is -0.493 e. The zero-order chi connectivity index (χ0) is 19.7. The van der Waals surface area contributed by atoms with Crippen molar-refractivity contribution in [2.24, 2.45) is 17.8 Å². The topological polar surface area (TPSA) is 68.6 Å². The maximum absolute atomic E-state index is 11.9. The quantitative estimate of drug-likeness (QED) is 0.706. The number of nitriles is 1. The van der Waals surface area contributed by atoms with Crippen LogP contribution in [0.4, 0.5) is 0 Å². The van der Waals surface area contributed by atoms with E-state index in [9.17, 15) is 10.1 Å². The number of hydrogen-bond donors (Lipinski definition) is 0. The first-order valence-electron chi connectivity index (χ1n) is 10.4.